The highest BCUT2D eigenvalue weighted by Crippen LogP contribution is 2.17. The molecule has 3 N–H and O–H groups in total. The number of aliphatic hydroxyl groups is 2. The Morgan fingerprint density at radius 1 is 0.389 bits per heavy atom. The van der Waals surface area contributed by atoms with Gasteiger partial charge in [-0.15, -0.1) is 0 Å². The molecule has 0 saturated carbocycles. The highest BCUT2D eigenvalue weighted by Gasteiger charge is 2.20. The fourth-order valence-electron chi connectivity index (χ4n) is 9.96. The summed E-state index contributed by atoms with van der Waals surface area (Å²) in [6.45, 7) is 4.95. The minimum absolute atomic E-state index is 0.00126. The van der Waals surface area contributed by atoms with Gasteiger partial charge in [-0.1, -0.05) is 288 Å². The first-order chi connectivity index (χ1) is 35.5. The Labute approximate surface area is 449 Å². The van der Waals surface area contributed by atoms with Gasteiger partial charge in [-0.05, 0) is 83.5 Å². The molecule has 0 aliphatic rings. The summed E-state index contributed by atoms with van der Waals surface area (Å²) in [4.78, 5) is 24.5. The van der Waals surface area contributed by atoms with E-state index < -0.39 is 12.1 Å². The smallest absolute Gasteiger partial charge is 0.305 e. The first-order valence-electron chi connectivity index (χ1n) is 32.2. The molecule has 2 unspecified atom stereocenters. The van der Waals surface area contributed by atoms with Crippen molar-refractivity contribution in [3.05, 3.63) is 36.5 Å². The van der Waals surface area contributed by atoms with Gasteiger partial charge in [0.25, 0.3) is 0 Å². The Kier molecular flexibility index (Phi) is 60.0. The zero-order valence-electron chi connectivity index (χ0n) is 48.4. The van der Waals surface area contributed by atoms with Crippen LogP contribution in [0.25, 0.3) is 0 Å². The van der Waals surface area contributed by atoms with Crippen molar-refractivity contribution in [1.82, 2.24) is 5.32 Å². The number of carbonyl (C=O) groups excluding carboxylic acids is 2. The first kappa shape index (κ1) is 70.1. The van der Waals surface area contributed by atoms with Crippen LogP contribution in [0.2, 0.25) is 0 Å². The van der Waals surface area contributed by atoms with Gasteiger partial charge in [0.1, 0.15) is 0 Å². The number of aliphatic hydroxyl groups excluding tert-OH is 2. The van der Waals surface area contributed by atoms with Crippen LogP contribution in [0.5, 0.6) is 0 Å². The molecule has 0 rings (SSSR count). The summed E-state index contributed by atoms with van der Waals surface area (Å²) in [7, 11) is 0. The largest absolute Gasteiger partial charge is 0.466 e. The number of unbranched alkanes of at least 4 members (excludes halogenated alkanes) is 43. The van der Waals surface area contributed by atoms with Crippen molar-refractivity contribution in [3.63, 3.8) is 0 Å². The molecule has 0 aromatic rings. The molecule has 1 amide bonds. The van der Waals surface area contributed by atoms with Crippen molar-refractivity contribution in [2.45, 2.75) is 360 Å². The van der Waals surface area contributed by atoms with E-state index in [-0.39, 0.29) is 18.5 Å². The van der Waals surface area contributed by atoms with Crippen molar-refractivity contribution in [1.29, 1.82) is 0 Å². The zero-order chi connectivity index (χ0) is 52.2. The Hall–Kier alpha value is -1.92. The van der Waals surface area contributed by atoms with Gasteiger partial charge in [0.05, 0.1) is 25.4 Å². The molecule has 424 valence electrons. The molecule has 0 spiro atoms. The van der Waals surface area contributed by atoms with E-state index in [0.29, 0.717) is 25.9 Å². The lowest BCUT2D eigenvalue weighted by atomic mass is 10.0. The summed E-state index contributed by atoms with van der Waals surface area (Å²) in [6, 6.07) is -0.550. The second-order valence-corrected chi connectivity index (χ2v) is 22.1. The number of hydrogen-bond acceptors (Lipinski definition) is 5. The molecule has 0 aliphatic heterocycles. The van der Waals surface area contributed by atoms with E-state index >= 15 is 0 Å². The minimum Gasteiger partial charge on any atom is -0.466 e. The fourth-order valence-corrected chi connectivity index (χ4v) is 9.96. The third kappa shape index (κ3) is 57.4. The van der Waals surface area contributed by atoms with Gasteiger partial charge in [0, 0.05) is 12.8 Å². The Balaban J connectivity index is 3.45. The Morgan fingerprint density at radius 2 is 0.694 bits per heavy atom. The molecule has 0 bridgehead atoms. The normalized spacial score (nSPS) is 12.8. The van der Waals surface area contributed by atoms with Gasteiger partial charge in [0.15, 0.2) is 0 Å². The molecule has 0 aromatic carbocycles. The number of nitrogens with one attached hydrogen (secondary N) is 1. The van der Waals surface area contributed by atoms with Crippen LogP contribution in [0, 0.1) is 0 Å². The molecule has 6 heteroatoms. The lowest BCUT2D eigenvalue weighted by Gasteiger charge is -2.22. The van der Waals surface area contributed by atoms with E-state index in [0.717, 1.165) is 57.8 Å². The molecule has 0 fully saturated rings. The summed E-state index contributed by atoms with van der Waals surface area (Å²) >= 11 is 0. The van der Waals surface area contributed by atoms with Crippen molar-refractivity contribution in [2.24, 2.45) is 0 Å². The number of hydrogen-bond donors (Lipinski definition) is 3. The van der Waals surface area contributed by atoms with Gasteiger partial charge >= 0.3 is 5.97 Å². The number of amides is 1. The minimum atomic E-state index is -0.672. The number of allylic oxidation sites excluding steroid dienone is 6. The van der Waals surface area contributed by atoms with E-state index in [1.165, 1.54) is 257 Å². The van der Waals surface area contributed by atoms with E-state index in [9.17, 15) is 19.8 Å². The molecule has 6 nitrogen and oxygen atoms in total. The third-order valence-corrected chi connectivity index (χ3v) is 14.9. The van der Waals surface area contributed by atoms with Gasteiger partial charge in [-0.2, -0.15) is 0 Å². The van der Waals surface area contributed by atoms with Crippen molar-refractivity contribution >= 4 is 11.9 Å². The average molecular weight is 1010 g/mol. The van der Waals surface area contributed by atoms with E-state index in [4.69, 9.17) is 4.74 Å². The molecular weight excluding hydrogens is 887 g/mol. The van der Waals surface area contributed by atoms with Gasteiger partial charge in [-0.25, -0.2) is 0 Å². The molecular formula is C66H125NO5. The van der Waals surface area contributed by atoms with Crippen LogP contribution < -0.4 is 5.32 Å². The highest BCUT2D eigenvalue weighted by molar-refractivity contribution is 5.76. The Bertz CT molecular complexity index is 1170. The Morgan fingerprint density at radius 3 is 1.07 bits per heavy atom. The first-order valence-corrected chi connectivity index (χ1v) is 32.2. The molecule has 0 aromatic heterocycles. The summed E-state index contributed by atoms with van der Waals surface area (Å²) in [5.41, 5.74) is 0. The standard InChI is InChI=1S/C66H125NO5/c1-3-5-7-9-11-13-15-17-19-20-28-31-34-38-42-46-50-54-58-64(69)63(62-68)67-65(70)59-55-51-47-43-39-35-32-29-26-24-22-21-23-25-27-30-33-37-41-45-49-53-57-61-72-66(71)60-56-52-48-44-40-36-18-16-14-12-10-8-6-4-2/h16,18,21,23-24,26,63-64,68-69H,3-15,17,19-20,22,25,27-62H2,1-2H3,(H,67,70)/b18-16-,23-21-,26-24-. The van der Waals surface area contributed by atoms with E-state index in [1.54, 1.807) is 0 Å². The summed E-state index contributed by atoms with van der Waals surface area (Å²) in [6.07, 6.45) is 77.3. The molecule has 72 heavy (non-hydrogen) atoms. The van der Waals surface area contributed by atoms with Crippen LogP contribution in [-0.2, 0) is 14.3 Å². The quantitative estimate of drug-likeness (QED) is 0.0320. The number of carbonyl (C=O) groups is 2. The predicted molar refractivity (Wildman–Crippen MR) is 315 cm³/mol. The van der Waals surface area contributed by atoms with Gasteiger partial charge in [0.2, 0.25) is 5.91 Å². The molecule has 0 aliphatic carbocycles. The summed E-state index contributed by atoms with van der Waals surface area (Å²) in [5.74, 6) is -0.0444. The summed E-state index contributed by atoms with van der Waals surface area (Å²) in [5, 5.41) is 23.3. The molecule has 2 atom stereocenters. The molecule has 0 radical (unpaired) electrons. The predicted octanol–water partition coefficient (Wildman–Crippen LogP) is 20.4. The SMILES string of the molecule is CCCCCCC/C=C\CCCCCCCC(=O)OCCCCCCCCCCC/C=C\C/C=C\CCCCCCCCCC(=O)NC(CO)C(O)CCCCCCCCCCCCCCCCCCCC. The van der Waals surface area contributed by atoms with Crippen LogP contribution in [0.3, 0.4) is 0 Å². The van der Waals surface area contributed by atoms with Crippen LogP contribution in [0.15, 0.2) is 36.5 Å². The van der Waals surface area contributed by atoms with Crippen LogP contribution in [0.4, 0.5) is 0 Å². The number of rotatable bonds is 60. The summed E-state index contributed by atoms with van der Waals surface area (Å²) < 4.78 is 5.47. The van der Waals surface area contributed by atoms with Crippen molar-refractivity contribution < 1.29 is 24.5 Å². The van der Waals surface area contributed by atoms with Gasteiger partial charge < -0.3 is 20.3 Å². The number of ether oxygens (including phenoxy) is 1. The number of esters is 1. The lowest BCUT2D eigenvalue weighted by Crippen LogP contribution is -2.45. The third-order valence-electron chi connectivity index (χ3n) is 14.9. The fraction of sp³-hybridized carbons (Fsp3) is 0.879. The molecule has 0 saturated heterocycles. The average Bonchev–Trinajstić information content (AvgIpc) is 3.38. The van der Waals surface area contributed by atoms with Crippen molar-refractivity contribution in [2.75, 3.05) is 13.2 Å². The maximum atomic E-state index is 12.5. The van der Waals surface area contributed by atoms with E-state index in [2.05, 4.69) is 55.6 Å². The zero-order valence-corrected chi connectivity index (χ0v) is 48.4. The topological polar surface area (TPSA) is 95.9 Å². The van der Waals surface area contributed by atoms with E-state index in [1.807, 2.05) is 0 Å². The maximum absolute atomic E-state index is 12.5. The van der Waals surface area contributed by atoms with Crippen LogP contribution in [-0.4, -0.2) is 47.4 Å². The van der Waals surface area contributed by atoms with Gasteiger partial charge in [-0.3, -0.25) is 9.59 Å². The van der Waals surface area contributed by atoms with Crippen molar-refractivity contribution in [3.8, 4) is 0 Å². The second-order valence-electron chi connectivity index (χ2n) is 22.1. The highest BCUT2D eigenvalue weighted by atomic mass is 16.5. The second kappa shape index (κ2) is 61.6. The maximum Gasteiger partial charge on any atom is 0.305 e. The van der Waals surface area contributed by atoms with Crippen LogP contribution in [0.1, 0.15) is 348 Å². The van der Waals surface area contributed by atoms with Crippen LogP contribution >= 0.6 is 0 Å². The molecule has 0 heterocycles. The monoisotopic (exact) mass is 1010 g/mol. The lowest BCUT2D eigenvalue weighted by molar-refractivity contribution is -0.143.